The molecule has 0 atom stereocenters. The average Bonchev–Trinajstić information content (AvgIpc) is 3.51. The molecule has 0 radical (unpaired) electrons. The summed E-state index contributed by atoms with van der Waals surface area (Å²) in [6, 6.07) is 4.15. The molecule has 1 aliphatic heterocycles. The molecule has 0 spiro atoms. The zero-order valence-corrected chi connectivity index (χ0v) is 20.4. The molecule has 0 saturated carbocycles. The molecule has 1 aliphatic rings. The van der Waals surface area contributed by atoms with Crippen molar-refractivity contribution in [3.63, 3.8) is 0 Å². The second-order valence-electron chi connectivity index (χ2n) is 9.04. The summed E-state index contributed by atoms with van der Waals surface area (Å²) >= 11 is 1.58. The Kier molecular flexibility index (Phi) is 5.94. The van der Waals surface area contributed by atoms with E-state index < -0.39 is 0 Å². The topological polar surface area (TPSA) is 78.8 Å². The van der Waals surface area contributed by atoms with Gasteiger partial charge in [0.15, 0.2) is 5.65 Å². The van der Waals surface area contributed by atoms with Gasteiger partial charge in [-0.3, -0.25) is 9.69 Å². The second kappa shape index (κ2) is 8.89. The van der Waals surface area contributed by atoms with Crippen molar-refractivity contribution < 1.29 is 11.0 Å². The van der Waals surface area contributed by atoms with Crippen molar-refractivity contribution in [3.8, 4) is 11.3 Å². The van der Waals surface area contributed by atoms with E-state index in [0.29, 0.717) is 12.5 Å². The summed E-state index contributed by atoms with van der Waals surface area (Å²) in [5.41, 5.74) is 6.37. The van der Waals surface area contributed by atoms with Crippen molar-refractivity contribution in [1.82, 2.24) is 29.4 Å². The van der Waals surface area contributed by atoms with Crippen molar-refractivity contribution in [1.29, 1.82) is 0 Å². The largest absolute Gasteiger partial charge is 0.379 e. The lowest BCUT2D eigenvalue weighted by Crippen LogP contribution is -2.41. The number of pyridine rings is 1. The standard InChI is InChI=1S/C24H30N6O2S.H2/c1-15(2)20-21(17-11-16(3)23-25-14-26-30(23)13-17)27-18-12-19(33-22(18)20)24(31)28(4)5-6-29-7-9-32-10-8-29;/h11-15,27H,5-10H2,1-4H3;1H. The number of carbonyl (C=O) groups is 1. The van der Waals surface area contributed by atoms with Crippen molar-refractivity contribution in [2.75, 3.05) is 46.4 Å². The van der Waals surface area contributed by atoms with Crippen LogP contribution in [0.25, 0.3) is 27.1 Å². The van der Waals surface area contributed by atoms with Crippen molar-refractivity contribution in [3.05, 3.63) is 40.7 Å². The molecule has 1 saturated heterocycles. The van der Waals surface area contributed by atoms with Crippen LogP contribution in [0.3, 0.4) is 0 Å². The number of fused-ring (bicyclic) bond motifs is 2. The van der Waals surface area contributed by atoms with E-state index in [-0.39, 0.29) is 7.33 Å². The minimum Gasteiger partial charge on any atom is -0.379 e. The predicted octanol–water partition coefficient (Wildman–Crippen LogP) is 4.02. The van der Waals surface area contributed by atoms with Crippen molar-refractivity contribution in [2.45, 2.75) is 26.7 Å². The lowest BCUT2D eigenvalue weighted by atomic mass is 9.99. The number of rotatable bonds is 6. The average molecular weight is 469 g/mol. The summed E-state index contributed by atoms with van der Waals surface area (Å²) in [6.45, 7) is 11.5. The van der Waals surface area contributed by atoms with Crippen LogP contribution in [-0.4, -0.2) is 81.7 Å². The van der Waals surface area contributed by atoms with Gasteiger partial charge in [0.2, 0.25) is 0 Å². The van der Waals surface area contributed by atoms with Gasteiger partial charge in [-0.2, -0.15) is 5.10 Å². The molecule has 9 heteroatoms. The fourth-order valence-corrected chi connectivity index (χ4v) is 5.83. The Balaban J connectivity index is 0.00000274. The fourth-order valence-electron chi connectivity index (χ4n) is 4.52. The van der Waals surface area contributed by atoms with Crippen LogP contribution in [0.4, 0.5) is 0 Å². The third kappa shape index (κ3) is 4.16. The van der Waals surface area contributed by atoms with Gasteiger partial charge < -0.3 is 14.6 Å². The van der Waals surface area contributed by atoms with Crippen molar-refractivity contribution in [2.24, 2.45) is 0 Å². The summed E-state index contributed by atoms with van der Waals surface area (Å²) in [5, 5.41) is 4.32. The molecule has 5 rings (SSSR count). The first-order valence-corrected chi connectivity index (χ1v) is 12.3. The summed E-state index contributed by atoms with van der Waals surface area (Å²) in [7, 11) is 1.89. The number of thiophene rings is 1. The highest BCUT2D eigenvalue weighted by Crippen LogP contribution is 2.40. The molecule has 0 aromatic carbocycles. The SMILES string of the molecule is Cc1cc(-c2[nH]c3cc(C(=O)N(C)CCN4CCOCC4)sc3c2C(C)C)cn2ncnc12.[HH]. The molecular formula is C24H32N6O2S. The van der Waals surface area contributed by atoms with Crippen LogP contribution in [0, 0.1) is 6.92 Å². The second-order valence-corrected chi connectivity index (χ2v) is 10.1. The molecule has 0 aliphatic carbocycles. The summed E-state index contributed by atoms with van der Waals surface area (Å²) in [5.74, 6) is 0.384. The van der Waals surface area contributed by atoms with Gasteiger partial charge in [0, 0.05) is 46.4 Å². The molecule has 5 heterocycles. The Morgan fingerprint density at radius 3 is 2.88 bits per heavy atom. The Morgan fingerprint density at radius 2 is 2.12 bits per heavy atom. The first-order chi connectivity index (χ1) is 15.9. The maximum Gasteiger partial charge on any atom is 0.263 e. The first-order valence-electron chi connectivity index (χ1n) is 11.4. The van der Waals surface area contributed by atoms with Crippen LogP contribution < -0.4 is 0 Å². The van der Waals surface area contributed by atoms with Gasteiger partial charge in [-0.05, 0) is 36.1 Å². The number of hydrogen-bond acceptors (Lipinski definition) is 6. The van der Waals surface area contributed by atoms with E-state index in [1.165, 1.54) is 5.56 Å². The first kappa shape index (κ1) is 22.1. The molecule has 1 amide bonds. The highest BCUT2D eigenvalue weighted by Gasteiger charge is 2.23. The highest BCUT2D eigenvalue weighted by atomic mass is 32.1. The molecule has 1 N–H and O–H groups in total. The van der Waals surface area contributed by atoms with Crippen LogP contribution in [-0.2, 0) is 4.74 Å². The molecule has 0 bridgehead atoms. The number of aryl methyl sites for hydroxylation is 1. The predicted molar refractivity (Wildman–Crippen MR) is 133 cm³/mol. The number of likely N-dealkylation sites (N-methyl/N-ethyl adjacent to an activating group) is 1. The summed E-state index contributed by atoms with van der Waals surface area (Å²) in [6.07, 6.45) is 3.60. The van der Waals surface area contributed by atoms with Gasteiger partial charge in [0.05, 0.1) is 34.0 Å². The quantitative estimate of drug-likeness (QED) is 0.462. The molecule has 0 unspecified atom stereocenters. The lowest BCUT2D eigenvalue weighted by molar-refractivity contribution is 0.0339. The van der Waals surface area contributed by atoms with Crippen LogP contribution in [0.1, 0.15) is 42.0 Å². The van der Waals surface area contributed by atoms with E-state index in [1.54, 1.807) is 17.7 Å². The Labute approximate surface area is 198 Å². The van der Waals surface area contributed by atoms with Crippen LogP contribution >= 0.6 is 11.3 Å². The number of hydrogen-bond donors (Lipinski definition) is 1. The molecule has 176 valence electrons. The number of aromatic amines is 1. The van der Waals surface area contributed by atoms with Crippen LogP contribution in [0.2, 0.25) is 0 Å². The Hall–Kier alpha value is -2.75. The number of nitrogens with one attached hydrogen (secondary N) is 1. The zero-order valence-electron chi connectivity index (χ0n) is 19.6. The number of carbonyl (C=O) groups excluding carboxylic acids is 1. The summed E-state index contributed by atoms with van der Waals surface area (Å²) in [4.78, 5) is 26.0. The van der Waals surface area contributed by atoms with Crippen LogP contribution in [0.15, 0.2) is 24.7 Å². The molecule has 33 heavy (non-hydrogen) atoms. The van der Waals surface area contributed by atoms with E-state index in [2.05, 4.69) is 46.8 Å². The molecular weight excluding hydrogens is 436 g/mol. The number of aromatic nitrogens is 4. The van der Waals surface area contributed by atoms with E-state index in [9.17, 15) is 4.79 Å². The zero-order chi connectivity index (χ0) is 23.1. The Morgan fingerprint density at radius 1 is 1.33 bits per heavy atom. The van der Waals surface area contributed by atoms with Crippen LogP contribution in [0.5, 0.6) is 0 Å². The van der Waals surface area contributed by atoms with Gasteiger partial charge in [-0.25, -0.2) is 9.50 Å². The van der Waals surface area contributed by atoms with Gasteiger partial charge in [0.25, 0.3) is 5.91 Å². The normalized spacial score (nSPS) is 15.2. The Bertz CT molecular complexity index is 1300. The molecule has 1 fully saturated rings. The third-order valence-corrected chi connectivity index (χ3v) is 7.50. The maximum atomic E-state index is 13.1. The van der Waals surface area contributed by atoms with E-state index in [4.69, 9.17) is 4.74 Å². The van der Waals surface area contributed by atoms with E-state index in [0.717, 1.165) is 70.4 Å². The van der Waals surface area contributed by atoms with E-state index >= 15 is 0 Å². The molecule has 4 aromatic heterocycles. The number of H-pyrrole nitrogens is 1. The number of morpholine rings is 1. The monoisotopic (exact) mass is 468 g/mol. The van der Waals surface area contributed by atoms with Gasteiger partial charge in [-0.15, -0.1) is 11.3 Å². The minimum absolute atomic E-state index is 0. The smallest absolute Gasteiger partial charge is 0.263 e. The fraction of sp³-hybridized carbons (Fsp3) is 0.458. The minimum atomic E-state index is 0. The van der Waals surface area contributed by atoms with Gasteiger partial charge >= 0.3 is 0 Å². The number of ether oxygens (including phenoxy) is 1. The number of nitrogens with zero attached hydrogens (tertiary/aromatic N) is 5. The molecule has 4 aromatic rings. The maximum absolute atomic E-state index is 13.1. The van der Waals surface area contributed by atoms with Gasteiger partial charge in [-0.1, -0.05) is 13.8 Å². The van der Waals surface area contributed by atoms with Crippen molar-refractivity contribution >= 4 is 33.1 Å². The van der Waals surface area contributed by atoms with E-state index in [1.807, 2.05) is 28.7 Å². The number of amides is 1. The third-order valence-electron chi connectivity index (χ3n) is 6.34. The van der Waals surface area contributed by atoms with Gasteiger partial charge in [0.1, 0.15) is 6.33 Å². The molecule has 8 nitrogen and oxygen atoms in total. The summed E-state index contributed by atoms with van der Waals surface area (Å²) < 4.78 is 8.39. The lowest BCUT2D eigenvalue weighted by Gasteiger charge is -2.28. The highest BCUT2D eigenvalue weighted by molar-refractivity contribution is 7.21.